The summed E-state index contributed by atoms with van der Waals surface area (Å²) in [5.74, 6) is 0. The number of alkyl halides is 3. The number of nitriles is 1. The van der Waals surface area contributed by atoms with Crippen molar-refractivity contribution in [3.63, 3.8) is 0 Å². The monoisotopic (exact) mass is 899 g/mol. The number of hydrogen-bond acceptors (Lipinski definition) is 1. The lowest BCUT2D eigenvalue weighted by Gasteiger charge is -2.23. The maximum absolute atomic E-state index is 14.1. The highest BCUT2D eigenvalue weighted by Gasteiger charge is 2.40. The summed E-state index contributed by atoms with van der Waals surface area (Å²) >= 11 is 0. The van der Waals surface area contributed by atoms with Gasteiger partial charge in [0.25, 0.3) is 0 Å². The minimum atomic E-state index is -4.47. The Morgan fingerprint density at radius 3 is 1.45 bits per heavy atom. The fourth-order valence-corrected chi connectivity index (χ4v) is 12.5. The SMILES string of the molecule is Cc1cc(C(F)(F)F)ccc1-c1ccc(-n2c3ccccc3c3c4c(ccc32)-c2ccccc2C4(C)C)c(-c2cc(C#N)ccc2-n2c3ccccc3c3c4c(ccc32)-c2ccccc2C4(C)C)c1. The first kappa shape index (κ1) is 41.1. The molecule has 0 fully saturated rings. The molecule has 2 aliphatic carbocycles. The summed E-state index contributed by atoms with van der Waals surface area (Å²) < 4.78 is 47.0. The van der Waals surface area contributed by atoms with Crippen LogP contribution in [0.5, 0.6) is 0 Å². The number of aromatic nitrogens is 2. The molecule has 0 spiro atoms. The highest BCUT2D eigenvalue weighted by Crippen LogP contribution is 2.56. The topological polar surface area (TPSA) is 33.6 Å². The van der Waals surface area contributed by atoms with Gasteiger partial charge in [-0.2, -0.15) is 18.4 Å². The van der Waals surface area contributed by atoms with Crippen LogP contribution < -0.4 is 0 Å². The van der Waals surface area contributed by atoms with E-state index in [1.807, 2.05) is 18.2 Å². The first-order valence-corrected chi connectivity index (χ1v) is 23.5. The maximum atomic E-state index is 14.1. The number of hydrogen-bond donors (Lipinski definition) is 0. The maximum Gasteiger partial charge on any atom is 0.416 e. The molecule has 69 heavy (non-hydrogen) atoms. The second kappa shape index (κ2) is 14.2. The molecule has 0 aliphatic heterocycles. The molecule has 0 saturated heterocycles. The summed E-state index contributed by atoms with van der Waals surface area (Å²) in [6.07, 6.45) is -4.47. The Morgan fingerprint density at radius 1 is 0.449 bits per heavy atom. The minimum Gasteiger partial charge on any atom is -0.309 e. The largest absolute Gasteiger partial charge is 0.416 e. The van der Waals surface area contributed by atoms with Crippen LogP contribution in [0.15, 0.2) is 176 Å². The minimum absolute atomic E-state index is 0.276. The average molecular weight is 900 g/mol. The average Bonchev–Trinajstić information content (AvgIpc) is 4.02. The van der Waals surface area contributed by atoms with E-state index in [1.54, 1.807) is 13.0 Å². The quantitative estimate of drug-likeness (QED) is 0.173. The predicted molar refractivity (Wildman–Crippen MR) is 276 cm³/mol. The second-order valence-corrected chi connectivity index (χ2v) is 19.9. The van der Waals surface area contributed by atoms with Gasteiger partial charge in [-0.3, -0.25) is 0 Å². The van der Waals surface area contributed by atoms with E-state index in [9.17, 15) is 18.4 Å². The molecule has 0 radical (unpaired) electrons. The summed E-state index contributed by atoms with van der Waals surface area (Å²) in [6.45, 7) is 11.0. The van der Waals surface area contributed by atoms with Crippen LogP contribution in [0.3, 0.4) is 0 Å². The number of para-hydroxylation sites is 2. The molecule has 2 aromatic heterocycles. The van der Waals surface area contributed by atoms with Crippen molar-refractivity contribution in [1.82, 2.24) is 9.13 Å². The Balaban J connectivity index is 1.14. The summed E-state index contributed by atoms with van der Waals surface area (Å²) in [5.41, 5.74) is 18.9. The number of rotatable bonds is 4. The van der Waals surface area contributed by atoms with Gasteiger partial charge in [-0.25, -0.2) is 0 Å². The van der Waals surface area contributed by atoms with Gasteiger partial charge in [-0.15, -0.1) is 0 Å². The zero-order valence-corrected chi connectivity index (χ0v) is 38.7. The molecule has 0 N–H and O–H groups in total. The summed E-state index contributed by atoms with van der Waals surface area (Å²) in [7, 11) is 0. The van der Waals surface area contributed by atoms with E-state index in [0.29, 0.717) is 16.7 Å². The van der Waals surface area contributed by atoms with E-state index in [4.69, 9.17) is 0 Å². The van der Waals surface area contributed by atoms with E-state index < -0.39 is 11.7 Å². The fourth-order valence-electron chi connectivity index (χ4n) is 12.5. The van der Waals surface area contributed by atoms with Crippen molar-refractivity contribution in [2.24, 2.45) is 0 Å². The van der Waals surface area contributed by atoms with Crippen molar-refractivity contribution in [2.75, 3.05) is 0 Å². The number of fused-ring (bicyclic) bond motifs is 14. The Hall–Kier alpha value is -8.14. The normalized spacial score (nSPS) is 14.3. The zero-order chi connectivity index (χ0) is 47.3. The molecule has 0 amide bonds. The lowest BCUT2D eigenvalue weighted by Crippen LogP contribution is -2.15. The molecule has 0 atom stereocenters. The number of benzene rings is 9. The molecule has 2 aliphatic rings. The van der Waals surface area contributed by atoms with Gasteiger partial charge in [0.2, 0.25) is 0 Å². The predicted octanol–water partition coefficient (Wildman–Crippen LogP) is 17.0. The Morgan fingerprint density at radius 2 is 0.928 bits per heavy atom. The molecule has 2 heterocycles. The molecule has 0 bridgehead atoms. The van der Waals surface area contributed by atoms with Gasteiger partial charge in [0, 0.05) is 43.5 Å². The van der Waals surface area contributed by atoms with Crippen LogP contribution in [0.1, 0.15) is 66.6 Å². The lowest BCUT2D eigenvalue weighted by molar-refractivity contribution is -0.137. The van der Waals surface area contributed by atoms with Crippen molar-refractivity contribution < 1.29 is 13.2 Å². The van der Waals surface area contributed by atoms with Crippen molar-refractivity contribution in [3.8, 4) is 62.0 Å². The zero-order valence-electron chi connectivity index (χ0n) is 38.7. The van der Waals surface area contributed by atoms with Gasteiger partial charge in [-0.05, 0) is 135 Å². The van der Waals surface area contributed by atoms with Gasteiger partial charge >= 0.3 is 6.18 Å². The van der Waals surface area contributed by atoms with Crippen LogP contribution in [-0.4, -0.2) is 9.13 Å². The first-order chi connectivity index (χ1) is 33.3. The fraction of sp³-hybridized carbons (Fsp3) is 0.127. The molecule has 6 heteroatoms. The third-order valence-electron chi connectivity index (χ3n) is 15.5. The van der Waals surface area contributed by atoms with Crippen LogP contribution in [0, 0.1) is 18.3 Å². The van der Waals surface area contributed by atoms with E-state index in [-0.39, 0.29) is 10.8 Å². The smallest absolute Gasteiger partial charge is 0.309 e. The third kappa shape index (κ3) is 5.62. The highest BCUT2D eigenvalue weighted by atomic mass is 19.4. The molecule has 3 nitrogen and oxygen atoms in total. The highest BCUT2D eigenvalue weighted by molar-refractivity contribution is 6.16. The van der Waals surface area contributed by atoms with Crippen LogP contribution in [0.25, 0.3) is 99.5 Å². The molecule has 0 unspecified atom stereocenters. The van der Waals surface area contributed by atoms with Gasteiger partial charge < -0.3 is 9.13 Å². The van der Waals surface area contributed by atoms with Gasteiger partial charge in [0.05, 0.1) is 50.6 Å². The summed E-state index contributed by atoms with van der Waals surface area (Å²) in [5, 5.41) is 15.3. The second-order valence-electron chi connectivity index (χ2n) is 19.9. The van der Waals surface area contributed by atoms with Gasteiger partial charge in [-0.1, -0.05) is 137 Å². The van der Waals surface area contributed by atoms with Crippen LogP contribution in [0.4, 0.5) is 13.2 Å². The molecular weight excluding hydrogens is 856 g/mol. The Bertz CT molecular complexity index is 4090. The van der Waals surface area contributed by atoms with Crippen LogP contribution in [0.2, 0.25) is 0 Å². The van der Waals surface area contributed by atoms with E-state index >= 15 is 0 Å². The van der Waals surface area contributed by atoms with Crippen molar-refractivity contribution in [1.29, 1.82) is 5.26 Å². The molecule has 13 rings (SSSR count). The van der Waals surface area contributed by atoms with Crippen molar-refractivity contribution in [2.45, 2.75) is 51.6 Å². The van der Waals surface area contributed by atoms with Crippen LogP contribution in [-0.2, 0) is 17.0 Å². The molecule has 9 aromatic carbocycles. The van der Waals surface area contributed by atoms with Crippen molar-refractivity contribution >= 4 is 43.6 Å². The summed E-state index contributed by atoms with van der Waals surface area (Å²) in [6, 6.07) is 62.2. The van der Waals surface area contributed by atoms with Gasteiger partial charge in [0.15, 0.2) is 0 Å². The standard InChI is InChI=1S/C63H44F3N3/c1-36-32-39(63(64,65)66)24-25-40(36)38-23-29-54(69-52-21-13-9-17-46(52)58-56(69)31-27-44-42-15-7-11-19-50(42)62(4,5)60(44)58)48(34-38)47-33-37(35-67)22-28-53(47)68-51-20-12-8-16-45(51)57-55(68)30-26-43-41-14-6-10-18-49(41)61(2,3)59(43)57/h6-34H,1-5H3. The van der Waals surface area contributed by atoms with Gasteiger partial charge in [0.1, 0.15) is 0 Å². The molecule has 11 aromatic rings. The number of aryl methyl sites for hydroxylation is 1. The van der Waals surface area contributed by atoms with E-state index in [2.05, 4.69) is 182 Å². The third-order valence-corrected chi connectivity index (χ3v) is 15.5. The molecule has 332 valence electrons. The van der Waals surface area contributed by atoms with Crippen LogP contribution >= 0.6 is 0 Å². The van der Waals surface area contributed by atoms with Crippen molar-refractivity contribution in [3.05, 3.63) is 215 Å². The molecular formula is C63H44F3N3. The number of halogens is 3. The summed E-state index contributed by atoms with van der Waals surface area (Å²) in [4.78, 5) is 0. The van der Waals surface area contributed by atoms with E-state index in [0.717, 1.165) is 60.9 Å². The lowest BCUT2D eigenvalue weighted by atomic mass is 9.80. The number of nitrogens with zero attached hydrogens (tertiary/aromatic N) is 3. The van der Waals surface area contributed by atoms with E-state index in [1.165, 1.54) is 67.4 Å². The first-order valence-electron chi connectivity index (χ1n) is 23.5. The Labute approximate surface area is 398 Å². The molecule has 0 saturated carbocycles. The Kier molecular flexibility index (Phi) is 8.45.